The zero-order chi connectivity index (χ0) is 3.58. The van der Waals surface area contributed by atoms with Gasteiger partial charge in [-0.25, -0.2) is 0 Å². The van der Waals surface area contributed by atoms with E-state index in [1.165, 1.54) is 0 Å². The Morgan fingerprint density at radius 1 is 0.455 bits per heavy atom. The van der Waals surface area contributed by atoms with E-state index in [0.717, 1.165) is 0 Å². The van der Waals surface area contributed by atoms with Crippen LogP contribution in [-0.2, 0) is 10.9 Å². The second-order valence-electron chi connectivity index (χ2n) is 0.143. The predicted molar refractivity (Wildman–Crippen MR) is 42.9 cm³/mol. The van der Waals surface area contributed by atoms with Crippen molar-refractivity contribution in [3.8, 4) is 0 Å². The molecular formula is H14Cl3CoO7. The quantitative estimate of drug-likeness (QED) is 0.420. The number of halogens is 3. The van der Waals surface area contributed by atoms with Crippen molar-refractivity contribution in [1.29, 1.82) is 0 Å². The van der Waals surface area contributed by atoms with Crippen LogP contribution in [-0.4, -0.2) is 38.3 Å². The summed E-state index contributed by atoms with van der Waals surface area (Å²) in [7, 11) is 13.4. The van der Waals surface area contributed by atoms with Crippen molar-refractivity contribution >= 4 is 30.4 Å². The van der Waals surface area contributed by atoms with Crippen molar-refractivity contribution in [3.63, 3.8) is 0 Å². The Bertz CT molecular complexity index is 18.4. The molecule has 0 saturated heterocycles. The van der Waals surface area contributed by atoms with Gasteiger partial charge < -0.3 is 38.3 Å². The van der Waals surface area contributed by atoms with Gasteiger partial charge in [0.25, 0.3) is 0 Å². The molecule has 11 heavy (non-hydrogen) atoms. The molecule has 0 aromatic carbocycles. The summed E-state index contributed by atoms with van der Waals surface area (Å²) in [6.45, 7) is 0. The molecular weight excluding hydrogens is 277 g/mol. The van der Waals surface area contributed by atoms with Crippen LogP contribution >= 0.6 is 30.4 Å². The van der Waals surface area contributed by atoms with Gasteiger partial charge in [0.2, 0.25) is 0 Å². The molecule has 0 aliphatic heterocycles. The third kappa shape index (κ3) is 764. The fourth-order valence-corrected chi connectivity index (χ4v) is 0. The SMILES string of the molecule is O.O.O.O.O.O.O.[Cl][Co]([Cl])[Cl]. The van der Waals surface area contributed by atoms with Gasteiger partial charge in [0.15, 0.2) is 0 Å². The van der Waals surface area contributed by atoms with Gasteiger partial charge in [-0.1, -0.05) is 0 Å². The molecule has 86 valence electrons. The molecule has 7 nitrogen and oxygen atoms in total. The average molecular weight is 291 g/mol. The minimum absolute atomic E-state index is 0. The van der Waals surface area contributed by atoms with Crippen LogP contribution in [0.3, 0.4) is 0 Å². The van der Waals surface area contributed by atoms with Gasteiger partial charge in [0.1, 0.15) is 0 Å². The van der Waals surface area contributed by atoms with Crippen LogP contribution < -0.4 is 0 Å². The van der Waals surface area contributed by atoms with Crippen molar-refractivity contribution in [2.24, 2.45) is 0 Å². The summed E-state index contributed by atoms with van der Waals surface area (Å²) in [6.07, 6.45) is 0. The Morgan fingerprint density at radius 2 is 0.455 bits per heavy atom. The van der Waals surface area contributed by atoms with E-state index in [0.29, 0.717) is 0 Å². The summed E-state index contributed by atoms with van der Waals surface area (Å²) in [4.78, 5) is 0. The first-order chi connectivity index (χ1) is 1.73. The predicted octanol–water partition coefficient (Wildman–Crippen LogP) is -3.71. The van der Waals surface area contributed by atoms with Gasteiger partial charge in [-0.15, -0.1) is 0 Å². The van der Waals surface area contributed by atoms with E-state index in [1.54, 1.807) is 0 Å². The van der Waals surface area contributed by atoms with Crippen molar-refractivity contribution in [2.75, 3.05) is 0 Å². The zero-order valence-electron chi connectivity index (χ0n) is 4.97. The van der Waals surface area contributed by atoms with E-state index < -0.39 is 10.9 Å². The normalized spacial score (nSPS) is 4.09. The first-order valence-electron chi connectivity index (χ1n) is 0.378. The summed E-state index contributed by atoms with van der Waals surface area (Å²) >= 11 is 0. The molecule has 0 bridgehead atoms. The van der Waals surface area contributed by atoms with Gasteiger partial charge in [0, 0.05) is 0 Å². The van der Waals surface area contributed by atoms with Crippen LogP contribution in [0, 0.1) is 0 Å². The van der Waals surface area contributed by atoms with E-state index in [9.17, 15) is 0 Å². The van der Waals surface area contributed by atoms with Gasteiger partial charge in [0.05, 0.1) is 0 Å². The van der Waals surface area contributed by atoms with E-state index in [4.69, 9.17) is 30.4 Å². The Kier molecular flexibility index (Phi) is 544. The summed E-state index contributed by atoms with van der Waals surface area (Å²) < 4.78 is 0. The molecule has 0 aromatic rings. The molecule has 11 heteroatoms. The third-order valence-electron chi connectivity index (χ3n) is 0. The maximum absolute atomic E-state index is 4.87. The number of hydrogen-bond donors (Lipinski definition) is 0. The molecule has 0 aromatic heterocycles. The molecule has 0 amide bonds. The van der Waals surface area contributed by atoms with E-state index in [-0.39, 0.29) is 38.3 Å². The summed E-state index contributed by atoms with van der Waals surface area (Å²) in [5.41, 5.74) is 0. The van der Waals surface area contributed by atoms with Crippen molar-refractivity contribution in [3.05, 3.63) is 0 Å². The molecule has 0 aliphatic rings. The summed E-state index contributed by atoms with van der Waals surface area (Å²) in [6, 6.07) is 0. The number of rotatable bonds is 0. The van der Waals surface area contributed by atoms with Crippen LogP contribution in [0.5, 0.6) is 0 Å². The second-order valence-corrected chi connectivity index (χ2v) is 5.30. The topological polar surface area (TPSA) is 220 Å². The summed E-state index contributed by atoms with van der Waals surface area (Å²) in [5.74, 6) is 0. The first-order valence-corrected chi connectivity index (χ1v) is 4.68. The maximum atomic E-state index is 4.87. The van der Waals surface area contributed by atoms with Crippen molar-refractivity contribution in [2.45, 2.75) is 0 Å². The molecule has 0 unspecified atom stereocenters. The Balaban J connectivity index is -0.00000000214. The van der Waals surface area contributed by atoms with Crippen molar-refractivity contribution in [1.82, 2.24) is 0 Å². The first kappa shape index (κ1) is 88.8. The van der Waals surface area contributed by atoms with Crippen LogP contribution in [0.25, 0.3) is 0 Å². The van der Waals surface area contributed by atoms with Gasteiger partial charge in [-0.3, -0.25) is 0 Å². The van der Waals surface area contributed by atoms with E-state index in [1.807, 2.05) is 0 Å². The van der Waals surface area contributed by atoms with Gasteiger partial charge in [-0.05, 0) is 0 Å². The minimum atomic E-state index is -1.19. The Morgan fingerprint density at radius 3 is 0.455 bits per heavy atom. The molecule has 0 aliphatic carbocycles. The molecule has 0 radical (unpaired) electrons. The van der Waals surface area contributed by atoms with E-state index in [2.05, 4.69) is 0 Å². The standard InChI is InChI=1S/3ClH.Co.7H2O/h3*1H;;7*1H2/q;;;+3;;;;;;;/p-3. The molecule has 14 N–H and O–H groups in total. The van der Waals surface area contributed by atoms with Crippen LogP contribution in [0.15, 0.2) is 0 Å². The van der Waals surface area contributed by atoms with Crippen LogP contribution in [0.1, 0.15) is 0 Å². The summed E-state index contributed by atoms with van der Waals surface area (Å²) in [5, 5.41) is 0. The fourth-order valence-electron chi connectivity index (χ4n) is 0. The van der Waals surface area contributed by atoms with Gasteiger partial charge in [-0.2, -0.15) is 0 Å². The zero-order valence-corrected chi connectivity index (χ0v) is 8.28. The Labute approximate surface area is 79.9 Å². The average Bonchev–Trinajstić information content (AvgIpc) is 0.811. The van der Waals surface area contributed by atoms with Crippen molar-refractivity contribution < 1.29 is 49.3 Å². The van der Waals surface area contributed by atoms with Crippen LogP contribution in [0.4, 0.5) is 0 Å². The molecule has 0 heterocycles. The third-order valence-corrected chi connectivity index (χ3v) is 0. The molecule has 0 spiro atoms. The second kappa shape index (κ2) is 67.4. The Hall–Kier alpha value is 1.10. The van der Waals surface area contributed by atoms with Gasteiger partial charge >= 0.3 is 41.4 Å². The van der Waals surface area contributed by atoms with Crippen LogP contribution in [0.2, 0.25) is 0 Å². The fraction of sp³-hybridized carbons (Fsp3) is 0. The number of hydrogen-bond acceptors (Lipinski definition) is 0. The molecule has 0 atom stereocenters. The molecule has 0 rings (SSSR count). The monoisotopic (exact) mass is 290 g/mol. The molecule has 0 fully saturated rings. The van der Waals surface area contributed by atoms with E-state index >= 15 is 0 Å². The molecule has 0 saturated carbocycles.